The number of hydrogen-bond acceptors (Lipinski definition) is 7. The Balaban J connectivity index is 1.37. The molecule has 2 aromatic heterocycles. The number of anilines is 2. The fourth-order valence-corrected chi connectivity index (χ4v) is 3.11. The van der Waals surface area contributed by atoms with Gasteiger partial charge in [-0.3, -0.25) is 14.6 Å². The molecular weight excluding hydrogens is 432 g/mol. The van der Waals surface area contributed by atoms with Gasteiger partial charge in [0.2, 0.25) is 5.91 Å². The Kier molecular flexibility index (Phi) is 5.91. The Labute approximate surface area is 186 Å². The maximum absolute atomic E-state index is 14.5. The molecule has 0 atom stereocenters. The van der Waals surface area contributed by atoms with Gasteiger partial charge in [0.15, 0.2) is 0 Å². The number of benzene rings is 1. The summed E-state index contributed by atoms with van der Waals surface area (Å²) in [7, 11) is 0. The van der Waals surface area contributed by atoms with Crippen LogP contribution in [-0.4, -0.2) is 32.3 Å². The summed E-state index contributed by atoms with van der Waals surface area (Å²) in [6.07, 6.45) is 6.22. The smallest absolute Gasteiger partial charge is 0.255 e. The van der Waals surface area contributed by atoms with Crippen molar-refractivity contribution in [3.8, 4) is 6.07 Å². The molecule has 1 aliphatic rings. The van der Waals surface area contributed by atoms with Crippen LogP contribution in [0.15, 0.2) is 49.2 Å². The van der Waals surface area contributed by atoms with E-state index >= 15 is 0 Å². The van der Waals surface area contributed by atoms with Crippen molar-refractivity contribution in [3.63, 3.8) is 0 Å². The maximum atomic E-state index is 14.5. The molecule has 3 aromatic rings. The van der Waals surface area contributed by atoms with Gasteiger partial charge in [-0.2, -0.15) is 5.26 Å². The average Bonchev–Trinajstić information content (AvgIpc) is 3.60. The van der Waals surface area contributed by atoms with Crippen molar-refractivity contribution < 1.29 is 18.4 Å². The molecule has 0 spiro atoms. The van der Waals surface area contributed by atoms with Gasteiger partial charge in [0.1, 0.15) is 29.6 Å². The molecule has 2 amide bonds. The number of pyridine rings is 1. The fraction of sp³-hybridized carbons (Fsp3) is 0.182. The molecule has 1 saturated carbocycles. The predicted octanol–water partition coefficient (Wildman–Crippen LogP) is 2.34. The predicted molar refractivity (Wildman–Crippen MR) is 112 cm³/mol. The van der Waals surface area contributed by atoms with Gasteiger partial charge in [-0.1, -0.05) is 0 Å². The second kappa shape index (κ2) is 8.96. The summed E-state index contributed by atoms with van der Waals surface area (Å²) in [5.41, 5.74) is -0.217. The zero-order valence-corrected chi connectivity index (χ0v) is 17.1. The molecule has 0 aliphatic heterocycles. The Bertz CT molecular complexity index is 1260. The molecule has 0 saturated heterocycles. The molecule has 0 radical (unpaired) electrons. The van der Waals surface area contributed by atoms with Gasteiger partial charge in [0.25, 0.3) is 5.91 Å². The van der Waals surface area contributed by atoms with Crippen molar-refractivity contribution in [2.75, 3.05) is 5.32 Å². The first-order valence-corrected chi connectivity index (χ1v) is 9.87. The molecule has 1 aromatic carbocycles. The number of hydrogen-bond donors (Lipinski definition) is 3. The number of halogens is 2. The molecule has 2 heterocycles. The van der Waals surface area contributed by atoms with Crippen molar-refractivity contribution >= 4 is 23.2 Å². The van der Waals surface area contributed by atoms with E-state index in [-0.39, 0.29) is 29.1 Å². The van der Waals surface area contributed by atoms with Gasteiger partial charge >= 0.3 is 0 Å². The SMILES string of the molecule is N#Cc1cc(F)ccc1Nc1cnc(CNC(=O)C2(NC(=O)c3cncnc3)CC2)c(F)c1. The number of aromatic nitrogens is 3. The molecule has 33 heavy (non-hydrogen) atoms. The van der Waals surface area contributed by atoms with E-state index < -0.39 is 29.0 Å². The minimum Gasteiger partial charge on any atom is -0.353 e. The zero-order chi connectivity index (χ0) is 23.4. The van der Waals surface area contributed by atoms with E-state index in [1.807, 2.05) is 6.07 Å². The van der Waals surface area contributed by atoms with Crippen LogP contribution in [0.25, 0.3) is 0 Å². The summed E-state index contributed by atoms with van der Waals surface area (Å²) in [6, 6.07) is 6.62. The second-order valence-corrected chi connectivity index (χ2v) is 7.43. The highest BCUT2D eigenvalue weighted by atomic mass is 19.1. The lowest BCUT2D eigenvalue weighted by molar-refractivity contribution is -0.124. The lowest BCUT2D eigenvalue weighted by atomic mass is 10.2. The number of nitriles is 1. The highest BCUT2D eigenvalue weighted by molar-refractivity contribution is 6.00. The Morgan fingerprint density at radius 2 is 1.88 bits per heavy atom. The van der Waals surface area contributed by atoms with Gasteiger partial charge in [-0.25, -0.2) is 18.7 Å². The quantitative estimate of drug-likeness (QED) is 0.504. The first-order valence-electron chi connectivity index (χ1n) is 9.87. The van der Waals surface area contributed by atoms with Crippen LogP contribution in [0.5, 0.6) is 0 Å². The van der Waals surface area contributed by atoms with Gasteiger partial charge in [-0.05, 0) is 31.0 Å². The standard InChI is InChI=1S/C22H17F2N7O2/c23-15-1-2-18(13(5-15)7-25)30-16-6-17(24)19(28-10-16)11-29-21(33)22(3-4-22)31-20(32)14-8-26-12-27-9-14/h1-2,5-6,8-10,12,30H,3-4,11H2,(H,29,33)(H,31,32). The van der Waals surface area contributed by atoms with Gasteiger partial charge < -0.3 is 16.0 Å². The Hall–Kier alpha value is -4.46. The maximum Gasteiger partial charge on any atom is 0.255 e. The first kappa shape index (κ1) is 21.8. The monoisotopic (exact) mass is 449 g/mol. The van der Waals surface area contributed by atoms with Crippen molar-refractivity contribution in [3.05, 3.63) is 77.6 Å². The summed E-state index contributed by atoms with van der Waals surface area (Å²) in [5.74, 6) is -2.16. The number of amides is 2. The van der Waals surface area contributed by atoms with E-state index in [2.05, 4.69) is 30.9 Å². The highest BCUT2D eigenvalue weighted by Gasteiger charge is 2.51. The first-order chi connectivity index (χ1) is 15.9. The van der Waals surface area contributed by atoms with Crippen LogP contribution >= 0.6 is 0 Å². The third-order valence-electron chi connectivity index (χ3n) is 5.08. The molecule has 4 rings (SSSR count). The van der Waals surface area contributed by atoms with Crippen LogP contribution in [0.2, 0.25) is 0 Å². The Morgan fingerprint density at radius 3 is 2.55 bits per heavy atom. The molecule has 1 aliphatic carbocycles. The zero-order valence-electron chi connectivity index (χ0n) is 17.1. The second-order valence-electron chi connectivity index (χ2n) is 7.43. The van der Waals surface area contributed by atoms with Gasteiger partial charge in [-0.15, -0.1) is 0 Å². The summed E-state index contributed by atoms with van der Waals surface area (Å²) in [5, 5.41) is 17.2. The van der Waals surface area contributed by atoms with Gasteiger partial charge in [0.05, 0.1) is 40.9 Å². The third kappa shape index (κ3) is 4.90. The normalized spacial score (nSPS) is 13.5. The largest absolute Gasteiger partial charge is 0.353 e. The van der Waals surface area contributed by atoms with Crippen molar-refractivity contribution in [2.45, 2.75) is 24.9 Å². The molecule has 0 bridgehead atoms. The van der Waals surface area contributed by atoms with Crippen LogP contribution in [0.1, 0.15) is 34.5 Å². The number of rotatable bonds is 7. The van der Waals surface area contributed by atoms with Crippen LogP contribution in [0, 0.1) is 23.0 Å². The van der Waals surface area contributed by atoms with Crippen LogP contribution < -0.4 is 16.0 Å². The number of nitrogens with zero attached hydrogens (tertiary/aromatic N) is 4. The molecular formula is C22H17F2N7O2. The lowest BCUT2D eigenvalue weighted by Gasteiger charge is -2.17. The minimum atomic E-state index is -1.05. The molecule has 0 unspecified atom stereocenters. The molecule has 9 nitrogen and oxygen atoms in total. The van der Waals surface area contributed by atoms with E-state index in [0.29, 0.717) is 18.5 Å². The third-order valence-corrected chi connectivity index (χ3v) is 5.08. The van der Waals surface area contributed by atoms with Crippen molar-refractivity contribution in [2.24, 2.45) is 0 Å². The van der Waals surface area contributed by atoms with Crippen LogP contribution in [-0.2, 0) is 11.3 Å². The minimum absolute atomic E-state index is 0.00732. The van der Waals surface area contributed by atoms with E-state index in [1.54, 1.807) is 0 Å². The molecule has 166 valence electrons. The lowest BCUT2D eigenvalue weighted by Crippen LogP contribution is -2.48. The van der Waals surface area contributed by atoms with E-state index in [1.165, 1.54) is 37.1 Å². The van der Waals surface area contributed by atoms with E-state index in [0.717, 1.165) is 12.1 Å². The van der Waals surface area contributed by atoms with Crippen molar-refractivity contribution in [1.82, 2.24) is 25.6 Å². The molecule has 3 N–H and O–H groups in total. The summed E-state index contributed by atoms with van der Waals surface area (Å²) < 4.78 is 27.8. The topological polar surface area (TPSA) is 133 Å². The average molecular weight is 449 g/mol. The molecule has 1 fully saturated rings. The number of carbonyl (C=O) groups excluding carboxylic acids is 2. The summed E-state index contributed by atoms with van der Waals surface area (Å²) in [4.78, 5) is 36.5. The number of carbonyl (C=O) groups is 2. The van der Waals surface area contributed by atoms with E-state index in [4.69, 9.17) is 5.26 Å². The van der Waals surface area contributed by atoms with Crippen LogP contribution in [0.3, 0.4) is 0 Å². The highest BCUT2D eigenvalue weighted by Crippen LogP contribution is 2.36. The van der Waals surface area contributed by atoms with Crippen LogP contribution in [0.4, 0.5) is 20.2 Å². The molecule has 11 heteroatoms. The summed E-state index contributed by atoms with van der Waals surface area (Å²) >= 11 is 0. The van der Waals surface area contributed by atoms with E-state index in [9.17, 15) is 18.4 Å². The fourth-order valence-electron chi connectivity index (χ4n) is 3.11. The number of nitrogens with one attached hydrogen (secondary N) is 3. The summed E-state index contributed by atoms with van der Waals surface area (Å²) in [6.45, 7) is -0.184. The Morgan fingerprint density at radius 1 is 1.12 bits per heavy atom. The van der Waals surface area contributed by atoms with Gasteiger partial charge in [0, 0.05) is 18.5 Å². The van der Waals surface area contributed by atoms with Crippen molar-refractivity contribution in [1.29, 1.82) is 5.26 Å².